The smallest absolute Gasteiger partial charge is 0.184 e. The van der Waals surface area contributed by atoms with E-state index in [4.69, 9.17) is 53.8 Å². The van der Waals surface area contributed by atoms with Crippen molar-refractivity contribution >= 4 is 34.8 Å². The third-order valence-corrected chi connectivity index (χ3v) is 7.02. The molecule has 1 fully saturated rings. The second-order valence-corrected chi connectivity index (χ2v) is 9.55. The van der Waals surface area contributed by atoms with E-state index in [9.17, 15) is 5.11 Å². The highest BCUT2D eigenvalue weighted by atomic mass is 35.5. The fourth-order valence-corrected chi connectivity index (χ4v) is 4.56. The molecule has 5 nitrogen and oxygen atoms in total. The number of rotatable bonds is 9. The maximum atomic E-state index is 10.8. The van der Waals surface area contributed by atoms with E-state index in [1.807, 2.05) is 67.6 Å². The number of hydrogen-bond donors (Lipinski definition) is 1. The van der Waals surface area contributed by atoms with Gasteiger partial charge in [0.25, 0.3) is 0 Å². The fraction of sp³-hybridized carbons (Fsp3) is 0.333. The second-order valence-electron chi connectivity index (χ2n) is 8.33. The Kier molecular flexibility index (Phi) is 9.45. The Morgan fingerprint density at radius 1 is 0.629 bits per heavy atom. The molecule has 1 saturated heterocycles. The van der Waals surface area contributed by atoms with Gasteiger partial charge in [-0.15, -0.1) is 0 Å². The summed E-state index contributed by atoms with van der Waals surface area (Å²) in [5.41, 5.74) is 2.45. The highest BCUT2D eigenvalue weighted by molar-refractivity contribution is 6.31. The normalized spacial score (nSPS) is 24.4. The van der Waals surface area contributed by atoms with Crippen molar-refractivity contribution in [2.45, 2.75) is 57.5 Å². The Morgan fingerprint density at radius 2 is 1.00 bits per heavy atom. The minimum atomic E-state index is -1.22. The molecule has 0 aliphatic carbocycles. The van der Waals surface area contributed by atoms with Crippen LogP contribution in [0.3, 0.4) is 0 Å². The van der Waals surface area contributed by atoms with E-state index >= 15 is 0 Å². The van der Waals surface area contributed by atoms with Crippen LogP contribution < -0.4 is 0 Å². The maximum Gasteiger partial charge on any atom is 0.184 e. The van der Waals surface area contributed by atoms with Crippen LogP contribution in [0.2, 0.25) is 15.1 Å². The van der Waals surface area contributed by atoms with Gasteiger partial charge in [0.05, 0.1) is 25.9 Å². The Hall–Kier alpha value is -1.67. The topological polar surface area (TPSA) is 57.2 Å². The highest BCUT2D eigenvalue weighted by Gasteiger charge is 2.46. The van der Waals surface area contributed by atoms with E-state index in [0.29, 0.717) is 15.1 Å². The van der Waals surface area contributed by atoms with Crippen molar-refractivity contribution < 1.29 is 24.1 Å². The van der Waals surface area contributed by atoms with Gasteiger partial charge >= 0.3 is 0 Å². The summed E-state index contributed by atoms with van der Waals surface area (Å²) in [4.78, 5) is 0. The molecule has 8 heteroatoms. The quantitative estimate of drug-likeness (QED) is 0.340. The first kappa shape index (κ1) is 26.4. The number of halogens is 3. The third-order valence-electron chi connectivity index (χ3n) is 5.91. The van der Waals surface area contributed by atoms with Gasteiger partial charge in [0, 0.05) is 15.1 Å². The molecule has 0 spiro atoms. The van der Waals surface area contributed by atoms with Crippen LogP contribution in [0, 0.1) is 0 Å². The second kappa shape index (κ2) is 12.5. The van der Waals surface area contributed by atoms with Gasteiger partial charge in [-0.1, -0.05) is 89.4 Å². The van der Waals surface area contributed by atoms with Crippen LogP contribution >= 0.6 is 34.8 Å². The Bertz CT molecular complexity index is 1050. The van der Waals surface area contributed by atoms with Crippen LogP contribution in [0.15, 0.2) is 72.8 Å². The standard InChI is InChI=1S/C27H27Cl3O5/c1-17-24(32-14-18-8-2-5-11-21(18)28)25(33-15-19-9-3-6-12-22(19)29)26(27(31)35-17)34-16-20-10-4-7-13-23(20)30/h2-13,17,24-27,31H,14-16H2,1H3/t17-,24+,25+,26-,27?/m0/s1. The monoisotopic (exact) mass is 536 g/mol. The van der Waals surface area contributed by atoms with Crippen molar-refractivity contribution in [1.29, 1.82) is 0 Å². The summed E-state index contributed by atoms with van der Waals surface area (Å²) in [6.45, 7) is 2.46. The maximum absolute atomic E-state index is 10.8. The van der Waals surface area contributed by atoms with Gasteiger partial charge in [-0.2, -0.15) is 0 Å². The molecule has 1 aliphatic rings. The Labute approximate surface area is 220 Å². The summed E-state index contributed by atoms with van der Waals surface area (Å²) in [5.74, 6) is 0. The van der Waals surface area contributed by atoms with Crippen molar-refractivity contribution in [3.8, 4) is 0 Å². The summed E-state index contributed by atoms with van der Waals surface area (Å²) < 4.78 is 24.5. The predicted octanol–water partition coefficient (Wildman–Crippen LogP) is 6.44. The van der Waals surface area contributed by atoms with Crippen molar-refractivity contribution in [3.63, 3.8) is 0 Å². The summed E-state index contributed by atoms with van der Waals surface area (Å²) in [6, 6.07) is 22.3. The van der Waals surface area contributed by atoms with Gasteiger partial charge in [0.1, 0.15) is 18.3 Å². The van der Waals surface area contributed by atoms with E-state index in [0.717, 1.165) is 16.7 Å². The van der Waals surface area contributed by atoms with Gasteiger partial charge in [0.2, 0.25) is 0 Å². The number of ether oxygens (including phenoxy) is 4. The van der Waals surface area contributed by atoms with Crippen molar-refractivity contribution in [2.24, 2.45) is 0 Å². The van der Waals surface area contributed by atoms with Crippen LogP contribution in [0.25, 0.3) is 0 Å². The first-order chi connectivity index (χ1) is 16.9. The molecule has 1 aliphatic heterocycles. The molecule has 5 atom stereocenters. The molecule has 0 radical (unpaired) electrons. The SMILES string of the molecule is C[C@@H]1OC(O)[C@@H](OCc2ccccc2Cl)[C@H](OCc2ccccc2Cl)[C@@H]1OCc1ccccc1Cl. The molecule has 1 heterocycles. The van der Waals surface area contributed by atoms with E-state index in [-0.39, 0.29) is 19.8 Å². The number of benzene rings is 3. The summed E-state index contributed by atoms with van der Waals surface area (Å²) >= 11 is 19.0. The molecule has 0 saturated carbocycles. The minimum Gasteiger partial charge on any atom is -0.368 e. The average Bonchev–Trinajstić information content (AvgIpc) is 2.84. The van der Waals surface area contributed by atoms with Crippen molar-refractivity contribution in [1.82, 2.24) is 0 Å². The van der Waals surface area contributed by atoms with Crippen molar-refractivity contribution in [2.75, 3.05) is 0 Å². The van der Waals surface area contributed by atoms with E-state index < -0.39 is 30.7 Å². The van der Waals surface area contributed by atoms with Gasteiger partial charge in [0.15, 0.2) is 6.29 Å². The van der Waals surface area contributed by atoms with Crippen LogP contribution in [0.1, 0.15) is 23.6 Å². The fourth-order valence-electron chi connectivity index (χ4n) is 3.99. The molecule has 186 valence electrons. The lowest BCUT2D eigenvalue weighted by molar-refractivity contribution is -0.308. The van der Waals surface area contributed by atoms with E-state index in [2.05, 4.69) is 0 Å². The highest BCUT2D eigenvalue weighted by Crippen LogP contribution is 2.31. The molecule has 0 aromatic heterocycles. The lowest BCUT2D eigenvalue weighted by Gasteiger charge is -2.43. The average molecular weight is 538 g/mol. The van der Waals surface area contributed by atoms with Crippen LogP contribution in [-0.2, 0) is 38.8 Å². The van der Waals surface area contributed by atoms with Crippen LogP contribution in [0.5, 0.6) is 0 Å². The first-order valence-corrected chi connectivity index (χ1v) is 12.5. The zero-order valence-electron chi connectivity index (χ0n) is 19.2. The molecule has 3 aromatic carbocycles. The molecule has 35 heavy (non-hydrogen) atoms. The van der Waals surface area contributed by atoms with Gasteiger partial charge < -0.3 is 24.1 Å². The molecule has 4 rings (SSSR count). The summed E-state index contributed by atoms with van der Waals surface area (Å²) in [7, 11) is 0. The number of aliphatic hydroxyl groups excluding tert-OH is 1. The predicted molar refractivity (Wildman–Crippen MR) is 137 cm³/mol. The molecule has 3 aromatic rings. The van der Waals surface area contributed by atoms with Gasteiger partial charge in [-0.05, 0) is 41.8 Å². The molecule has 0 bridgehead atoms. The Morgan fingerprint density at radius 3 is 1.43 bits per heavy atom. The molecule has 1 N–H and O–H groups in total. The lowest BCUT2D eigenvalue weighted by Crippen LogP contribution is -2.59. The van der Waals surface area contributed by atoms with E-state index in [1.54, 1.807) is 12.1 Å². The largest absolute Gasteiger partial charge is 0.368 e. The van der Waals surface area contributed by atoms with Gasteiger partial charge in [-0.25, -0.2) is 0 Å². The zero-order chi connectivity index (χ0) is 24.8. The lowest BCUT2D eigenvalue weighted by atomic mass is 9.98. The van der Waals surface area contributed by atoms with Crippen molar-refractivity contribution in [3.05, 3.63) is 105 Å². The molecule has 0 amide bonds. The molecular formula is C27H27Cl3O5. The molecule has 1 unspecified atom stereocenters. The number of hydrogen-bond acceptors (Lipinski definition) is 5. The van der Waals surface area contributed by atoms with Crippen LogP contribution in [0.4, 0.5) is 0 Å². The minimum absolute atomic E-state index is 0.169. The zero-order valence-corrected chi connectivity index (χ0v) is 21.4. The molecular weight excluding hydrogens is 511 g/mol. The summed E-state index contributed by atoms with van der Waals surface area (Å²) in [6.07, 6.45) is -3.72. The van der Waals surface area contributed by atoms with Gasteiger partial charge in [-0.3, -0.25) is 0 Å². The first-order valence-electron chi connectivity index (χ1n) is 11.3. The van der Waals surface area contributed by atoms with Crippen LogP contribution in [-0.4, -0.2) is 35.8 Å². The van der Waals surface area contributed by atoms with E-state index in [1.165, 1.54) is 0 Å². The summed E-state index contributed by atoms with van der Waals surface area (Å²) in [5, 5.41) is 12.6. The Balaban J connectivity index is 1.55. The number of aliphatic hydroxyl groups is 1. The third kappa shape index (κ3) is 6.76.